The fourth-order valence-corrected chi connectivity index (χ4v) is 5.84. The Kier molecular flexibility index (Phi) is 7.92. The van der Waals surface area contributed by atoms with Crippen LogP contribution in [0.3, 0.4) is 0 Å². The average molecular weight is 478 g/mol. The van der Waals surface area contributed by atoms with Crippen molar-refractivity contribution in [2.24, 2.45) is 0 Å². The van der Waals surface area contributed by atoms with Gasteiger partial charge in [-0.2, -0.15) is 4.31 Å². The van der Waals surface area contributed by atoms with Gasteiger partial charge in [0, 0.05) is 29.8 Å². The molecule has 1 fully saturated rings. The summed E-state index contributed by atoms with van der Waals surface area (Å²) in [4.78, 5) is 24.6. The highest BCUT2D eigenvalue weighted by Crippen LogP contribution is 2.27. The highest BCUT2D eigenvalue weighted by molar-refractivity contribution is 7.89. The van der Waals surface area contributed by atoms with Crippen LogP contribution in [0, 0.1) is 13.8 Å². The SMILES string of the molecule is Cc1cc(C)cc(NC(=O)C(=O)NCCC2CCCCN2S(=O)(=O)c2ccc(Cl)cc2)c1. The molecule has 1 atom stereocenters. The second-order valence-electron chi connectivity index (χ2n) is 8.09. The number of rotatable bonds is 6. The molecule has 32 heavy (non-hydrogen) atoms. The second kappa shape index (κ2) is 10.5. The van der Waals surface area contributed by atoms with Gasteiger partial charge in [0.2, 0.25) is 10.0 Å². The average Bonchev–Trinajstić information content (AvgIpc) is 2.73. The number of anilines is 1. The standard InChI is InChI=1S/C23H28ClN3O4S/c1-16-13-17(2)15-19(14-16)26-23(29)22(28)25-11-10-20-5-3-4-12-27(20)32(30,31)21-8-6-18(24)7-9-21/h6-9,13-15,20H,3-5,10-12H2,1-2H3,(H,25,28)(H,26,29). The number of benzene rings is 2. The summed E-state index contributed by atoms with van der Waals surface area (Å²) in [6.07, 6.45) is 2.83. The number of piperidine rings is 1. The fourth-order valence-electron chi connectivity index (χ4n) is 3.99. The Balaban J connectivity index is 1.58. The van der Waals surface area contributed by atoms with E-state index in [9.17, 15) is 18.0 Å². The lowest BCUT2D eigenvalue weighted by molar-refractivity contribution is -0.136. The molecule has 3 rings (SSSR count). The second-order valence-corrected chi connectivity index (χ2v) is 10.4. The van der Waals surface area contributed by atoms with Crippen LogP contribution in [-0.4, -0.2) is 43.7 Å². The van der Waals surface area contributed by atoms with Crippen LogP contribution in [0.4, 0.5) is 5.69 Å². The van der Waals surface area contributed by atoms with Crippen LogP contribution in [0.15, 0.2) is 47.4 Å². The number of amides is 2. The van der Waals surface area contributed by atoms with Crippen molar-refractivity contribution in [3.63, 3.8) is 0 Å². The smallest absolute Gasteiger partial charge is 0.313 e. The van der Waals surface area contributed by atoms with E-state index < -0.39 is 21.8 Å². The molecule has 2 amide bonds. The molecule has 172 valence electrons. The first kappa shape index (κ1) is 24.2. The van der Waals surface area contributed by atoms with Gasteiger partial charge in [-0.25, -0.2) is 8.42 Å². The summed E-state index contributed by atoms with van der Waals surface area (Å²) in [5.74, 6) is -1.49. The zero-order chi connectivity index (χ0) is 23.3. The molecule has 7 nitrogen and oxygen atoms in total. The Labute approximate surface area is 194 Å². The van der Waals surface area contributed by atoms with Gasteiger partial charge in [0.05, 0.1) is 4.90 Å². The lowest BCUT2D eigenvalue weighted by atomic mass is 10.0. The molecule has 0 saturated carbocycles. The first-order valence-corrected chi connectivity index (χ1v) is 12.4. The van der Waals surface area contributed by atoms with Crippen LogP contribution < -0.4 is 10.6 Å². The van der Waals surface area contributed by atoms with Gasteiger partial charge < -0.3 is 10.6 Å². The molecule has 0 radical (unpaired) electrons. The topological polar surface area (TPSA) is 95.6 Å². The van der Waals surface area contributed by atoms with E-state index in [1.807, 2.05) is 19.9 Å². The first-order valence-electron chi connectivity index (χ1n) is 10.6. The molecular formula is C23H28ClN3O4S. The molecule has 2 aromatic carbocycles. The summed E-state index contributed by atoms with van der Waals surface area (Å²) >= 11 is 5.89. The lowest BCUT2D eigenvalue weighted by Crippen LogP contribution is -2.45. The number of carbonyl (C=O) groups is 2. The maximum atomic E-state index is 13.1. The third-order valence-electron chi connectivity index (χ3n) is 5.44. The van der Waals surface area contributed by atoms with Crippen molar-refractivity contribution in [1.29, 1.82) is 0 Å². The molecule has 2 aromatic rings. The van der Waals surface area contributed by atoms with Gasteiger partial charge in [0.1, 0.15) is 0 Å². The van der Waals surface area contributed by atoms with Crippen molar-refractivity contribution in [2.75, 3.05) is 18.4 Å². The van der Waals surface area contributed by atoms with E-state index >= 15 is 0 Å². The number of aryl methyl sites for hydroxylation is 2. The van der Waals surface area contributed by atoms with Gasteiger partial charge in [0.15, 0.2) is 0 Å². The van der Waals surface area contributed by atoms with Gasteiger partial charge in [-0.15, -0.1) is 0 Å². The molecule has 0 spiro atoms. The Bertz CT molecular complexity index is 1070. The highest BCUT2D eigenvalue weighted by atomic mass is 35.5. The van der Waals surface area contributed by atoms with Crippen molar-refractivity contribution in [2.45, 2.75) is 50.5 Å². The molecule has 1 unspecified atom stereocenters. The van der Waals surface area contributed by atoms with E-state index in [0.717, 1.165) is 24.0 Å². The van der Waals surface area contributed by atoms with Crippen molar-refractivity contribution in [1.82, 2.24) is 9.62 Å². The summed E-state index contributed by atoms with van der Waals surface area (Å²) < 4.78 is 27.7. The van der Waals surface area contributed by atoms with E-state index in [1.54, 1.807) is 24.3 Å². The van der Waals surface area contributed by atoms with Crippen LogP contribution in [0.1, 0.15) is 36.8 Å². The first-order chi connectivity index (χ1) is 15.2. The van der Waals surface area contributed by atoms with Crippen molar-refractivity contribution in [3.8, 4) is 0 Å². The summed E-state index contributed by atoms with van der Waals surface area (Å²) in [7, 11) is -3.66. The minimum absolute atomic E-state index is 0.200. The van der Waals surface area contributed by atoms with E-state index in [2.05, 4.69) is 10.6 Å². The summed E-state index contributed by atoms with van der Waals surface area (Å²) in [6.45, 7) is 4.46. The van der Waals surface area contributed by atoms with Gasteiger partial charge in [-0.3, -0.25) is 9.59 Å². The van der Waals surface area contributed by atoms with Crippen LogP contribution in [0.5, 0.6) is 0 Å². The lowest BCUT2D eigenvalue weighted by Gasteiger charge is -2.34. The van der Waals surface area contributed by atoms with Gasteiger partial charge in [0.25, 0.3) is 0 Å². The predicted molar refractivity (Wildman–Crippen MR) is 125 cm³/mol. The van der Waals surface area contributed by atoms with Gasteiger partial charge >= 0.3 is 11.8 Å². The number of hydrogen-bond acceptors (Lipinski definition) is 4. The zero-order valence-electron chi connectivity index (χ0n) is 18.2. The van der Waals surface area contributed by atoms with Crippen LogP contribution in [0.25, 0.3) is 0 Å². The Morgan fingerprint density at radius 2 is 1.69 bits per heavy atom. The van der Waals surface area contributed by atoms with Crippen LogP contribution in [0.2, 0.25) is 5.02 Å². The molecule has 1 heterocycles. The van der Waals surface area contributed by atoms with Crippen molar-refractivity contribution < 1.29 is 18.0 Å². The summed E-state index contributed by atoms with van der Waals surface area (Å²) in [5.41, 5.74) is 2.54. The summed E-state index contributed by atoms with van der Waals surface area (Å²) in [6, 6.07) is 11.4. The van der Waals surface area contributed by atoms with Crippen molar-refractivity contribution >= 4 is 39.1 Å². The molecule has 1 saturated heterocycles. The van der Waals surface area contributed by atoms with E-state index in [4.69, 9.17) is 11.6 Å². The van der Waals surface area contributed by atoms with Crippen LogP contribution >= 0.6 is 11.6 Å². The molecular weight excluding hydrogens is 450 g/mol. The number of nitrogens with one attached hydrogen (secondary N) is 2. The highest BCUT2D eigenvalue weighted by Gasteiger charge is 2.33. The summed E-state index contributed by atoms with van der Waals surface area (Å²) in [5, 5.41) is 5.68. The third-order valence-corrected chi connectivity index (χ3v) is 7.66. The molecule has 0 aliphatic carbocycles. The molecule has 2 N–H and O–H groups in total. The number of carbonyl (C=O) groups excluding carboxylic acids is 2. The fraction of sp³-hybridized carbons (Fsp3) is 0.391. The number of halogens is 1. The molecule has 0 aromatic heterocycles. The van der Waals surface area contributed by atoms with Gasteiger partial charge in [-0.05, 0) is 80.6 Å². The van der Waals surface area contributed by atoms with E-state index in [1.165, 1.54) is 16.4 Å². The third kappa shape index (κ3) is 6.09. The zero-order valence-corrected chi connectivity index (χ0v) is 19.8. The largest absolute Gasteiger partial charge is 0.348 e. The van der Waals surface area contributed by atoms with Gasteiger partial charge in [-0.1, -0.05) is 24.1 Å². The number of sulfonamides is 1. The molecule has 1 aliphatic heterocycles. The van der Waals surface area contributed by atoms with Crippen molar-refractivity contribution in [3.05, 3.63) is 58.6 Å². The molecule has 0 bridgehead atoms. The van der Waals surface area contributed by atoms with Crippen LogP contribution in [-0.2, 0) is 19.6 Å². The Hall–Kier alpha value is -2.42. The minimum Gasteiger partial charge on any atom is -0.348 e. The normalized spacial score (nSPS) is 17.0. The predicted octanol–water partition coefficient (Wildman–Crippen LogP) is 3.65. The van der Waals surface area contributed by atoms with E-state index in [-0.39, 0.29) is 17.5 Å². The maximum absolute atomic E-state index is 13.1. The van der Waals surface area contributed by atoms with E-state index in [0.29, 0.717) is 30.1 Å². The quantitative estimate of drug-likeness (QED) is 0.621. The Morgan fingerprint density at radius 3 is 2.34 bits per heavy atom. The maximum Gasteiger partial charge on any atom is 0.313 e. The number of hydrogen-bond donors (Lipinski definition) is 2. The molecule has 1 aliphatic rings. The minimum atomic E-state index is -3.66. The monoisotopic (exact) mass is 477 g/mol. The molecule has 9 heteroatoms. The Morgan fingerprint density at radius 1 is 1.03 bits per heavy atom. The number of nitrogens with zero attached hydrogens (tertiary/aromatic N) is 1.